The van der Waals surface area contributed by atoms with E-state index in [4.69, 9.17) is 0 Å². The Bertz CT molecular complexity index is 11.6. The SMILES string of the molecule is [Al].[B].[BaH2].[CaH2].[Cr]. The van der Waals surface area contributed by atoms with Crippen LogP contribution in [0.25, 0.3) is 0 Å². The van der Waals surface area contributed by atoms with Crippen LogP contribution in [0.3, 0.4) is 0 Å². The quantitative estimate of drug-likeness (QED) is 0.424. The van der Waals surface area contributed by atoms with E-state index in [9.17, 15) is 0 Å². The summed E-state index contributed by atoms with van der Waals surface area (Å²) in [5, 5.41) is 0. The van der Waals surface area contributed by atoms with Crippen LogP contribution in [0.4, 0.5) is 0 Å². The third kappa shape index (κ3) is 18.0. The molecule has 0 aliphatic heterocycles. The van der Waals surface area contributed by atoms with Crippen molar-refractivity contribution in [1.29, 1.82) is 0 Å². The molecule has 0 unspecified atom stereocenters. The number of hydrogen-bond donors (Lipinski definition) is 0. The van der Waals surface area contributed by atoms with Gasteiger partial charge in [0.05, 0.1) is 0 Å². The molecule has 0 aliphatic rings. The average molecular weight is 271 g/mol. The minimum absolute atomic E-state index is 0. The fraction of sp³-hybridized carbons (Fsp3) is 0. The summed E-state index contributed by atoms with van der Waals surface area (Å²) in [6.07, 6.45) is 0. The van der Waals surface area contributed by atoms with Crippen molar-refractivity contribution in [2.45, 2.75) is 0 Å². The van der Waals surface area contributed by atoms with Gasteiger partial charge in [0.15, 0.2) is 0 Å². The van der Waals surface area contributed by atoms with Crippen LogP contribution < -0.4 is 0 Å². The van der Waals surface area contributed by atoms with Gasteiger partial charge in [-0.05, 0) is 0 Å². The van der Waals surface area contributed by atoms with Crippen LogP contribution in [0.1, 0.15) is 0 Å². The summed E-state index contributed by atoms with van der Waals surface area (Å²) in [5.41, 5.74) is 0. The first-order valence-corrected chi connectivity index (χ1v) is 0. The topological polar surface area (TPSA) is 0 Å². The zero-order chi connectivity index (χ0) is 0. The van der Waals surface area contributed by atoms with Crippen molar-refractivity contribution >= 4 is 112 Å². The Hall–Kier alpha value is 3.96. The van der Waals surface area contributed by atoms with Crippen molar-refractivity contribution < 1.29 is 17.4 Å². The maximum absolute atomic E-state index is 0. The van der Waals surface area contributed by atoms with Crippen molar-refractivity contribution in [1.82, 2.24) is 0 Å². The molecule has 0 saturated carbocycles. The van der Waals surface area contributed by atoms with Gasteiger partial charge in [-0.2, -0.15) is 0 Å². The first kappa shape index (κ1) is 36.2. The van der Waals surface area contributed by atoms with E-state index in [2.05, 4.69) is 0 Å². The van der Waals surface area contributed by atoms with Crippen molar-refractivity contribution in [3.05, 3.63) is 0 Å². The molecular weight excluding hydrogens is 267 g/mol. The van der Waals surface area contributed by atoms with Gasteiger partial charge in [0.25, 0.3) is 0 Å². The molecule has 0 bridgehead atoms. The molecule has 0 spiro atoms. The molecule has 0 rings (SSSR count). The van der Waals surface area contributed by atoms with Gasteiger partial charge in [0, 0.05) is 43.1 Å². The van der Waals surface area contributed by atoms with Crippen LogP contribution in [-0.2, 0) is 17.4 Å². The van der Waals surface area contributed by atoms with Crippen molar-refractivity contribution in [3.8, 4) is 0 Å². The fourth-order valence-electron chi connectivity index (χ4n) is 0. The van der Waals surface area contributed by atoms with Gasteiger partial charge in [0.1, 0.15) is 0 Å². The third-order valence-corrected chi connectivity index (χ3v) is 0. The minimum Gasteiger partial charge on any atom is 0 e. The second-order valence-electron chi connectivity index (χ2n) is 0. The minimum atomic E-state index is 0. The van der Waals surface area contributed by atoms with Gasteiger partial charge in [-0.3, -0.25) is 0 Å². The van der Waals surface area contributed by atoms with Crippen LogP contribution in [0.5, 0.6) is 0 Å². The molecule has 0 heterocycles. The third-order valence-electron chi connectivity index (χ3n) is 0. The molecule has 6 radical (unpaired) electrons. The molecule has 0 aromatic rings. The Morgan fingerprint density at radius 3 is 1.00 bits per heavy atom. The summed E-state index contributed by atoms with van der Waals surface area (Å²) < 4.78 is 0. The van der Waals surface area contributed by atoms with E-state index in [1.165, 1.54) is 0 Å². The molecule has 0 amide bonds. The summed E-state index contributed by atoms with van der Waals surface area (Å²) in [6.45, 7) is 0. The molecular formula is H4AlBBaCaCr. The molecule has 0 aromatic heterocycles. The first-order chi connectivity index (χ1) is 0. The van der Waals surface area contributed by atoms with Gasteiger partial charge in [-0.25, -0.2) is 0 Å². The summed E-state index contributed by atoms with van der Waals surface area (Å²) in [5.74, 6) is 0. The Kier molecular flexibility index (Phi) is 178. The van der Waals surface area contributed by atoms with Crippen LogP contribution in [-0.4, -0.2) is 112 Å². The molecule has 5 heavy (non-hydrogen) atoms. The van der Waals surface area contributed by atoms with Crippen LogP contribution in [0.15, 0.2) is 0 Å². The second kappa shape index (κ2) is 24.6. The van der Waals surface area contributed by atoms with E-state index in [-0.39, 0.29) is 130 Å². The first-order valence-electron chi connectivity index (χ1n) is 0. The Morgan fingerprint density at radius 2 is 1.00 bits per heavy atom. The summed E-state index contributed by atoms with van der Waals surface area (Å²) in [4.78, 5) is 0. The van der Waals surface area contributed by atoms with Crippen LogP contribution in [0, 0.1) is 0 Å². The van der Waals surface area contributed by atoms with E-state index in [1.54, 1.807) is 0 Å². The molecule has 0 fully saturated rings. The smallest absolute Gasteiger partial charge is 0 e. The molecule has 0 aromatic carbocycles. The number of hydrogen-bond acceptors (Lipinski definition) is 0. The van der Waals surface area contributed by atoms with E-state index < -0.39 is 0 Å². The predicted molar refractivity (Wildman–Crippen MR) is 28.6 cm³/mol. The van der Waals surface area contributed by atoms with Crippen molar-refractivity contribution in [2.75, 3.05) is 0 Å². The maximum Gasteiger partial charge on any atom is 0 e. The number of rotatable bonds is 0. The zero-order valence-electron chi connectivity index (χ0n) is 1.56. The summed E-state index contributed by atoms with van der Waals surface area (Å²) in [6, 6.07) is 0. The standard InChI is InChI=1S/Al.B.Ba.Ca.Cr.4H. The molecule has 0 N–H and O–H groups in total. The van der Waals surface area contributed by atoms with E-state index in [1.807, 2.05) is 0 Å². The predicted octanol–water partition coefficient (Wildman–Crippen LogP) is -2.60. The van der Waals surface area contributed by atoms with Gasteiger partial charge >= 0.3 is 86.6 Å². The molecule has 0 saturated heterocycles. The van der Waals surface area contributed by atoms with Gasteiger partial charge in [-0.15, -0.1) is 0 Å². The molecule has 20 valence electrons. The maximum atomic E-state index is 0. The zero-order valence-corrected chi connectivity index (χ0v) is 3.99. The average Bonchev–Trinajstić information content (AvgIpc) is 0. The molecule has 0 atom stereocenters. The Balaban J connectivity index is 0. The van der Waals surface area contributed by atoms with E-state index >= 15 is 0 Å². The molecule has 0 aliphatic carbocycles. The molecule has 0 nitrogen and oxygen atoms in total. The second-order valence-corrected chi connectivity index (χ2v) is 0. The largest absolute Gasteiger partial charge is 0 e. The normalized spacial score (nSPS) is 0. The summed E-state index contributed by atoms with van der Waals surface area (Å²) in [7, 11) is 0. The van der Waals surface area contributed by atoms with Crippen LogP contribution in [0.2, 0.25) is 0 Å². The van der Waals surface area contributed by atoms with Crippen molar-refractivity contribution in [2.24, 2.45) is 0 Å². The molecule has 5 heteroatoms. The summed E-state index contributed by atoms with van der Waals surface area (Å²) >= 11 is 0. The van der Waals surface area contributed by atoms with E-state index in [0.29, 0.717) is 0 Å². The van der Waals surface area contributed by atoms with E-state index in [0.717, 1.165) is 0 Å². The van der Waals surface area contributed by atoms with Gasteiger partial charge in [0.2, 0.25) is 0 Å². The van der Waals surface area contributed by atoms with Crippen LogP contribution >= 0.6 is 0 Å². The van der Waals surface area contributed by atoms with Gasteiger partial charge < -0.3 is 0 Å². The van der Waals surface area contributed by atoms with Crippen molar-refractivity contribution in [3.63, 3.8) is 0 Å². The fourth-order valence-corrected chi connectivity index (χ4v) is 0. The Labute approximate surface area is 126 Å². The monoisotopic (exact) mass is 272 g/mol. The van der Waals surface area contributed by atoms with Gasteiger partial charge in [-0.1, -0.05) is 0 Å². The Morgan fingerprint density at radius 1 is 1.00 bits per heavy atom.